The predicted octanol–water partition coefficient (Wildman–Crippen LogP) is 4.13. The minimum absolute atomic E-state index is 0.104. The van der Waals surface area contributed by atoms with Crippen LogP contribution < -0.4 is 5.32 Å². The standard InChI is InChI=1S/C20H20F3NO4/c1-11-14(10-16(28-11)17(26)18(27)24-19(2,3)4)15(25)9-12-5-7-13(8-6-12)20(21,22)23/h5-8,10H,9H2,1-4H3,(H,24,27). The average Bonchev–Trinajstić information content (AvgIpc) is 2.94. The zero-order chi connectivity index (χ0) is 21.3. The lowest BCUT2D eigenvalue weighted by Gasteiger charge is -2.19. The summed E-state index contributed by atoms with van der Waals surface area (Å²) in [4.78, 5) is 36.6. The first kappa shape index (κ1) is 21.4. The Kier molecular flexibility index (Phi) is 5.82. The number of hydrogen-bond donors (Lipinski definition) is 1. The van der Waals surface area contributed by atoms with Crippen LogP contribution in [0.4, 0.5) is 13.2 Å². The summed E-state index contributed by atoms with van der Waals surface area (Å²) in [5.74, 6) is -2.32. The maximum Gasteiger partial charge on any atom is 0.416 e. The smallest absolute Gasteiger partial charge is 0.416 e. The van der Waals surface area contributed by atoms with Gasteiger partial charge in [-0.1, -0.05) is 12.1 Å². The number of Topliss-reactive ketones (excluding diaryl/α,β-unsaturated/α-hetero) is 2. The molecule has 0 saturated heterocycles. The molecule has 1 heterocycles. The van der Waals surface area contributed by atoms with Gasteiger partial charge in [-0.05, 0) is 51.5 Å². The molecule has 0 fully saturated rings. The Labute approximate surface area is 159 Å². The SMILES string of the molecule is Cc1oc(C(=O)C(=O)NC(C)(C)C)cc1C(=O)Cc1ccc(C(F)(F)F)cc1. The average molecular weight is 395 g/mol. The lowest BCUT2D eigenvalue weighted by molar-refractivity contribution is -0.137. The molecule has 150 valence electrons. The lowest BCUT2D eigenvalue weighted by atomic mass is 10.0. The van der Waals surface area contributed by atoms with Crippen LogP contribution in [-0.4, -0.2) is 23.0 Å². The van der Waals surface area contributed by atoms with E-state index in [0.717, 1.165) is 12.1 Å². The topological polar surface area (TPSA) is 76.4 Å². The van der Waals surface area contributed by atoms with Crippen LogP contribution in [0.15, 0.2) is 34.7 Å². The molecular weight excluding hydrogens is 375 g/mol. The fraction of sp³-hybridized carbons (Fsp3) is 0.350. The normalized spacial score (nSPS) is 12.0. The second-order valence-corrected chi connectivity index (χ2v) is 7.41. The van der Waals surface area contributed by atoms with Crippen LogP contribution in [0.5, 0.6) is 0 Å². The van der Waals surface area contributed by atoms with Crippen molar-refractivity contribution in [2.45, 2.75) is 45.8 Å². The summed E-state index contributed by atoms with van der Waals surface area (Å²) in [6, 6.07) is 5.43. The Morgan fingerprint density at radius 2 is 1.61 bits per heavy atom. The Morgan fingerprint density at radius 3 is 2.11 bits per heavy atom. The molecule has 0 spiro atoms. The molecule has 0 aliphatic carbocycles. The van der Waals surface area contributed by atoms with Crippen LogP contribution in [0.1, 0.15) is 58.6 Å². The first-order valence-electron chi connectivity index (χ1n) is 8.44. The van der Waals surface area contributed by atoms with E-state index < -0.39 is 34.8 Å². The zero-order valence-corrected chi connectivity index (χ0v) is 15.9. The van der Waals surface area contributed by atoms with Crippen molar-refractivity contribution in [3.63, 3.8) is 0 Å². The summed E-state index contributed by atoms with van der Waals surface area (Å²) in [5, 5.41) is 2.51. The fourth-order valence-corrected chi connectivity index (χ4v) is 2.47. The van der Waals surface area contributed by atoms with Gasteiger partial charge in [-0.3, -0.25) is 14.4 Å². The molecule has 2 rings (SSSR count). The van der Waals surface area contributed by atoms with E-state index in [2.05, 4.69) is 5.32 Å². The molecule has 28 heavy (non-hydrogen) atoms. The highest BCUT2D eigenvalue weighted by Crippen LogP contribution is 2.29. The molecule has 1 aromatic heterocycles. The van der Waals surface area contributed by atoms with E-state index in [1.54, 1.807) is 20.8 Å². The molecule has 0 bridgehead atoms. The molecule has 0 unspecified atom stereocenters. The van der Waals surface area contributed by atoms with E-state index in [-0.39, 0.29) is 23.5 Å². The number of alkyl halides is 3. The summed E-state index contributed by atoms with van der Waals surface area (Å²) < 4.78 is 43.1. The van der Waals surface area contributed by atoms with Gasteiger partial charge in [0.15, 0.2) is 11.5 Å². The predicted molar refractivity (Wildman–Crippen MR) is 95.1 cm³/mol. The van der Waals surface area contributed by atoms with E-state index in [0.29, 0.717) is 5.56 Å². The third-order valence-electron chi connectivity index (χ3n) is 3.78. The summed E-state index contributed by atoms with van der Waals surface area (Å²) >= 11 is 0. The first-order chi connectivity index (χ1) is 12.8. The Bertz CT molecular complexity index is 903. The van der Waals surface area contributed by atoms with Gasteiger partial charge in [0.2, 0.25) is 0 Å². The van der Waals surface area contributed by atoms with Gasteiger partial charge in [-0.2, -0.15) is 13.2 Å². The zero-order valence-electron chi connectivity index (χ0n) is 15.9. The maximum absolute atomic E-state index is 12.6. The van der Waals surface area contributed by atoms with Crippen molar-refractivity contribution in [3.8, 4) is 0 Å². The number of carbonyl (C=O) groups excluding carboxylic acids is 3. The van der Waals surface area contributed by atoms with Crippen molar-refractivity contribution < 1.29 is 32.0 Å². The van der Waals surface area contributed by atoms with Gasteiger partial charge < -0.3 is 9.73 Å². The summed E-state index contributed by atoms with van der Waals surface area (Å²) in [7, 11) is 0. The van der Waals surface area contributed by atoms with Gasteiger partial charge in [0.05, 0.1) is 11.1 Å². The van der Waals surface area contributed by atoms with Crippen LogP contribution in [0, 0.1) is 6.92 Å². The van der Waals surface area contributed by atoms with Crippen molar-refractivity contribution in [3.05, 3.63) is 58.5 Å². The third kappa shape index (κ3) is 5.31. The maximum atomic E-state index is 12.6. The molecule has 2 aromatic rings. The first-order valence-corrected chi connectivity index (χ1v) is 8.44. The number of benzene rings is 1. The number of rotatable bonds is 5. The number of nitrogens with one attached hydrogen (secondary N) is 1. The lowest BCUT2D eigenvalue weighted by Crippen LogP contribution is -2.44. The second-order valence-electron chi connectivity index (χ2n) is 7.41. The highest BCUT2D eigenvalue weighted by molar-refractivity contribution is 6.42. The van der Waals surface area contributed by atoms with E-state index in [9.17, 15) is 27.6 Å². The van der Waals surface area contributed by atoms with Gasteiger partial charge in [-0.25, -0.2) is 0 Å². The summed E-state index contributed by atoms with van der Waals surface area (Å²) in [5.41, 5.74) is -0.931. The van der Waals surface area contributed by atoms with E-state index in [1.807, 2.05) is 0 Å². The molecule has 0 aliphatic rings. The Balaban J connectivity index is 2.15. The van der Waals surface area contributed by atoms with Gasteiger partial charge in [0.25, 0.3) is 11.7 Å². The summed E-state index contributed by atoms with van der Waals surface area (Å²) in [6.45, 7) is 6.61. The number of halogens is 3. The quantitative estimate of drug-likeness (QED) is 0.610. The van der Waals surface area contributed by atoms with Crippen molar-refractivity contribution in [1.82, 2.24) is 5.32 Å². The molecule has 8 heteroatoms. The minimum atomic E-state index is -4.45. The molecule has 5 nitrogen and oxygen atoms in total. The molecule has 1 amide bonds. The number of carbonyl (C=O) groups is 3. The fourth-order valence-electron chi connectivity index (χ4n) is 2.47. The third-order valence-corrected chi connectivity index (χ3v) is 3.78. The summed E-state index contributed by atoms with van der Waals surface area (Å²) in [6.07, 6.45) is -4.62. The van der Waals surface area contributed by atoms with E-state index in [1.165, 1.54) is 25.1 Å². The van der Waals surface area contributed by atoms with E-state index in [4.69, 9.17) is 4.42 Å². The van der Waals surface area contributed by atoms with Crippen LogP contribution in [0.3, 0.4) is 0 Å². The number of hydrogen-bond acceptors (Lipinski definition) is 4. The highest BCUT2D eigenvalue weighted by Gasteiger charge is 2.30. The van der Waals surface area contributed by atoms with Gasteiger partial charge in [0.1, 0.15) is 5.76 Å². The molecule has 1 aromatic carbocycles. The van der Waals surface area contributed by atoms with Crippen LogP contribution in [-0.2, 0) is 17.4 Å². The molecule has 0 aliphatic heterocycles. The van der Waals surface area contributed by atoms with Crippen LogP contribution in [0.25, 0.3) is 0 Å². The molecule has 0 atom stereocenters. The van der Waals surface area contributed by atoms with Crippen molar-refractivity contribution in [2.75, 3.05) is 0 Å². The van der Waals surface area contributed by atoms with Gasteiger partial charge >= 0.3 is 6.18 Å². The monoisotopic (exact) mass is 395 g/mol. The van der Waals surface area contributed by atoms with Gasteiger partial charge in [-0.15, -0.1) is 0 Å². The minimum Gasteiger partial charge on any atom is -0.457 e. The largest absolute Gasteiger partial charge is 0.457 e. The second kappa shape index (κ2) is 7.61. The number of aryl methyl sites for hydroxylation is 1. The highest BCUT2D eigenvalue weighted by atomic mass is 19.4. The number of furan rings is 1. The molecule has 1 N–H and O–H groups in total. The molecule has 0 saturated carbocycles. The number of amides is 1. The van der Waals surface area contributed by atoms with Crippen molar-refractivity contribution in [2.24, 2.45) is 0 Å². The Morgan fingerprint density at radius 1 is 1.04 bits per heavy atom. The molecular formula is C20H20F3NO4. The van der Waals surface area contributed by atoms with Gasteiger partial charge in [0, 0.05) is 12.0 Å². The van der Waals surface area contributed by atoms with Crippen LogP contribution in [0.2, 0.25) is 0 Å². The van der Waals surface area contributed by atoms with E-state index >= 15 is 0 Å². The molecule has 0 radical (unpaired) electrons. The van der Waals surface area contributed by atoms with Crippen LogP contribution >= 0.6 is 0 Å². The number of ketones is 2. The van der Waals surface area contributed by atoms with Crippen molar-refractivity contribution in [1.29, 1.82) is 0 Å². The van der Waals surface area contributed by atoms with Crippen molar-refractivity contribution >= 4 is 17.5 Å². The Hall–Kier alpha value is -2.90.